The van der Waals surface area contributed by atoms with E-state index in [0.29, 0.717) is 19.6 Å². The highest BCUT2D eigenvalue weighted by molar-refractivity contribution is 5.64. The number of nitrogens with two attached hydrogens (primary N) is 2. The summed E-state index contributed by atoms with van der Waals surface area (Å²) in [4.78, 5) is 10.5. The Balaban J connectivity index is 2.61. The minimum atomic E-state index is -0.966. The van der Waals surface area contributed by atoms with E-state index in [0.717, 1.165) is 90.9 Å². The van der Waals surface area contributed by atoms with Crippen LogP contribution in [-0.4, -0.2) is 75.9 Å². The van der Waals surface area contributed by atoms with E-state index in [1.54, 1.807) is 0 Å². The molecule has 1 rings (SSSR count). The van der Waals surface area contributed by atoms with Crippen LogP contribution in [0.4, 0.5) is 4.79 Å². The summed E-state index contributed by atoms with van der Waals surface area (Å²) in [6.45, 7) is 13.2. The molecule has 0 bridgehead atoms. The summed E-state index contributed by atoms with van der Waals surface area (Å²) < 4.78 is 0. The standard InChI is InChI=1S/C28H57N9O2/c1-3-26(33-14-5-9-29)36-21-24-17-23(20-32-13-7-11-31-12-8-16-35-28(38)39)18-25(19-24)22-37-27(4-2)34-15-6-10-30/h17-19,26-27,31-37H,3-16,20-22,29-30H2,1-2H3,(H,38,39). The lowest BCUT2D eigenvalue weighted by Crippen LogP contribution is -2.42. The van der Waals surface area contributed by atoms with Crippen molar-refractivity contribution in [1.82, 2.24) is 37.2 Å². The molecule has 1 amide bonds. The van der Waals surface area contributed by atoms with Crippen LogP contribution in [0.15, 0.2) is 18.2 Å². The first-order valence-electron chi connectivity index (χ1n) is 14.9. The smallest absolute Gasteiger partial charge is 0.404 e. The van der Waals surface area contributed by atoms with Crippen LogP contribution in [0.3, 0.4) is 0 Å². The van der Waals surface area contributed by atoms with Crippen LogP contribution in [0.1, 0.15) is 69.1 Å². The van der Waals surface area contributed by atoms with E-state index in [1.165, 1.54) is 16.7 Å². The van der Waals surface area contributed by atoms with Gasteiger partial charge in [0.1, 0.15) is 0 Å². The minimum Gasteiger partial charge on any atom is -0.465 e. The van der Waals surface area contributed by atoms with Crippen molar-refractivity contribution in [2.75, 3.05) is 52.4 Å². The number of carbonyl (C=O) groups is 1. The molecule has 0 aromatic heterocycles. The lowest BCUT2D eigenvalue weighted by atomic mass is 10.0. The lowest BCUT2D eigenvalue weighted by Gasteiger charge is -2.21. The van der Waals surface area contributed by atoms with Crippen LogP contribution in [0.25, 0.3) is 0 Å². The molecule has 0 aliphatic heterocycles. The fraction of sp³-hybridized carbons (Fsp3) is 0.750. The van der Waals surface area contributed by atoms with Crippen molar-refractivity contribution in [3.05, 3.63) is 34.9 Å². The highest BCUT2D eigenvalue weighted by atomic mass is 16.4. The Bertz CT molecular complexity index is 699. The van der Waals surface area contributed by atoms with Crippen molar-refractivity contribution in [2.24, 2.45) is 11.5 Å². The molecule has 0 aliphatic rings. The number of nitrogens with one attached hydrogen (secondary N) is 7. The Morgan fingerprint density at radius 1 is 0.667 bits per heavy atom. The van der Waals surface area contributed by atoms with Gasteiger partial charge in [0.05, 0.1) is 12.3 Å². The Hall–Kier alpha value is -1.83. The van der Waals surface area contributed by atoms with Gasteiger partial charge in [-0.2, -0.15) is 0 Å². The van der Waals surface area contributed by atoms with Crippen molar-refractivity contribution < 1.29 is 9.90 Å². The zero-order valence-electron chi connectivity index (χ0n) is 24.4. The molecule has 0 radical (unpaired) electrons. The third-order valence-electron chi connectivity index (χ3n) is 6.42. The summed E-state index contributed by atoms with van der Waals surface area (Å²) in [5.74, 6) is 0. The van der Waals surface area contributed by atoms with Gasteiger partial charge in [-0.3, -0.25) is 10.6 Å². The molecule has 39 heavy (non-hydrogen) atoms. The minimum absolute atomic E-state index is 0.267. The predicted molar refractivity (Wildman–Crippen MR) is 161 cm³/mol. The van der Waals surface area contributed by atoms with Gasteiger partial charge in [-0.25, -0.2) is 4.79 Å². The van der Waals surface area contributed by atoms with Crippen LogP contribution < -0.4 is 48.7 Å². The average molecular weight is 552 g/mol. The van der Waals surface area contributed by atoms with Crippen LogP contribution in [0, 0.1) is 0 Å². The molecule has 0 saturated carbocycles. The third kappa shape index (κ3) is 19.0. The number of benzene rings is 1. The normalized spacial score (nSPS) is 12.9. The molecule has 0 aliphatic carbocycles. The summed E-state index contributed by atoms with van der Waals surface area (Å²) >= 11 is 0. The van der Waals surface area contributed by atoms with Crippen molar-refractivity contribution in [2.45, 2.75) is 84.3 Å². The summed E-state index contributed by atoms with van der Waals surface area (Å²) in [5.41, 5.74) is 15.1. The van der Waals surface area contributed by atoms with Crippen LogP contribution in [-0.2, 0) is 19.6 Å². The molecular weight excluding hydrogens is 494 g/mol. The maximum absolute atomic E-state index is 10.5. The van der Waals surface area contributed by atoms with Gasteiger partial charge in [-0.1, -0.05) is 32.0 Å². The maximum atomic E-state index is 10.5. The lowest BCUT2D eigenvalue weighted by molar-refractivity contribution is 0.194. The van der Waals surface area contributed by atoms with Gasteiger partial charge in [0.15, 0.2) is 0 Å². The molecule has 12 N–H and O–H groups in total. The molecule has 2 unspecified atom stereocenters. The summed E-state index contributed by atoms with van der Waals surface area (Å²) in [5, 5.41) is 32.3. The van der Waals surface area contributed by atoms with Gasteiger partial charge in [-0.05, 0) is 101 Å². The maximum Gasteiger partial charge on any atom is 0.404 e. The van der Waals surface area contributed by atoms with E-state index in [2.05, 4.69) is 69.3 Å². The molecule has 0 spiro atoms. The first-order valence-corrected chi connectivity index (χ1v) is 14.9. The van der Waals surface area contributed by atoms with Crippen molar-refractivity contribution in [1.29, 1.82) is 0 Å². The number of hydrogen-bond acceptors (Lipinski definition) is 9. The first kappa shape index (κ1) is 35.2. The molecule has 11 heteroatoms. The molecular formula is C28H57N9O2. The monoisotopic (exact) mass is 551 g/mol. The molecule has 2 atom stereocenters. The van der Waals surface area contributed by atoms with E-state index >= 15 is 0 Å². The summed E-state index contributed by atoms with van der Waals surface area (Å²) in [6, 6.07) is 6.88. The molecule has 1 aromatic carbocycles. The molecule has 0 saturated heterocycles. The summed E-state index contributed by atoms with van der Waals surface area (Å²) in [7, 11) is 0. The topological polar surface area (TPSA) is 174 Å². The van der Waals surface area contributed by atoms with Gasteiger partial charge in [-0.15, -0.1) is 0 Å². The molecule has 11 nitrogen and oxygen atoms in total. The molecule has 1 aromatic rings. The van der Waals surface area contributed by atoms with Crippen molar-refractivity contribution >= 4 is 6.09 Å². The zero-order valence-corrected chi connectivity index (χ0v) is 24.4. The fourth-order valence-corrected chi connectivity index (χ4v) is 4.21. The van der Waals surface area contributed by atoms with E-state index in [1.807, 2.05) is 0 Å². The Morgan fingerprint density at radius 2 is 1.13 bits per heavy atom. The van der Waals surface area contributed by atoms with E-state index < -0.39 is 6.09 Å². The molecule has 0 heterocycles. The SMILES string of the molecule is CCC(NCCCN)NCc1cc(CNCCCNCCCNC(=O)O)cc(CNC(CC)NCCCN)c1. The second-order valence-corrected chi connectivity index (χ2v) is 9.90. The van der Waals surface area contributed by atoms with E-state index in [4.69, 9.17) is 16.6 Å². The van der Waals surface area contributed by atoms with Crippen LogP contribution in [0.2, 0.25) is 0 Å². The Morgan fingerprint density at radius 3 is 1.59 bits per heavy atom. The fourth-order valence-electron chi connectivity index (χ4n) is 4.21. The number of rotatable bonds is 26. The van der Waals surface area contributed by atoms with Crippen molar-refractivity contribution in [3.8, 4) is 0 Å². The highest BCUT2D eigenvalue weighted by Crippen LogP contribution is 2.12. The van der Waals surface area contributed by atoms with Gasteiger partial charge < -0.3 is 43.2 Å². The van der Waals surface area contributed by atoms with Crippen molar-refractivity contribution in [3.63, 3.8) is 0 Å². The number of hydrogen-bond donors (Lipinski definition) is 10. The Kier molecular flexibility index (Phi) is 21.7. The highest BCUT2D eigenvalue weighted by Gasteiger charge is 2.09. The van der Waals surface area contributed by atoms with Crippen LogP contribution in [0.5, 0.6) is 0 Å². The van der Waals surface area contributed by atoms with E-state index in [-0.39, 0.29) is 12.3 Å². The first-order chi connectivity index (χ1) is 19.0. The summed E-state index contributed by atoms with van der Waals surface area (Å²) in [6.07, 6.45) is 5.35. The number of amides is 1. The van der Waals surface area contributed by atoms with Gasteiger partial charge in [0.25, 0.3) is 0 Å². The molecule has 0 fully saturated rings. The van der Waals surface area contributed by atoms with Gasteiger partial charge in [0.2, 0.25) is 0 Å². The third-order valence-corrected chi connectivity index (χ3v) is 6.42. The largest absolute Gasteiger partial charge is 0.465 e. The molecule has 226 valence electrons. The predicted octanol–water partition coefficient (Wildman–Crippen LogP) is 0.942. The second kappa shape index (κ2) is 24.0. The Labute approximate surface area is 236 Å². The van der Waals surface area contributed by atoms with E-state index in [9.17, 15) is 4.79 Å². The quantitative estimate of drug-likeness (QED) is 0.0590. The van der Waals surface area contributed by atoms with Gasteiger partial charge in [0, 0.05) is 26.2 Å². The van der Waals surface area contributed by atoms with Gasteiger partial charge >= 0.3 is 6.09 Å². The second-order valence-electron chi connectivity index (χ2n) is 9.90. The zero-order chi connectivity index (χ0) is 28.6. The van der Waals surface area contributed by atoms with Crippen LogP contribution >= 0.6 is 0 Å². The average Bonchev–Trinajstić information content (AvgIpc) is 2.93. The number of carboxylic acid groups (broad SMARTS) is 1.